The number of rotatable bonds is 6. The van der Waals surface area contributed by atoms with Gasteiger partial charge < -0.3 is 14.8 Å². The number of thiazole rings is 1. The van der Waals surface area contributed by atoms with Gasteiger partial charge in [-0.05, 0) is 54.0 Å². The summed E-state index contributed by atoms with van der Waals surface area (Å²) in [5.74, 6) is -0.925. The van der Waals surface area contributed by atoms with Crippen LogP contribution in [0.4, 0.5) is 0 Å². The monoisotopic (exact) mass is 548 g/mol. The number of aromatic amines is 1. The number of para-hydroxylation sites is 1. The molecule has 8 nitrogen and oxygen atoms in total. The molecular formula is C28H24N2O6S2. The molecule has 3 aromatic rings. The highest BCUT2D eigenvalue weighted by atomic mass is 32.2. The molecule has 1 aromatic heterocycles. The Labute approximate surface area is 226 Å². The number of carbonyl (C=O) groups is 3. The lowest BCUT2D eigenvalue weighted by atomic mass is 9.68. The number of carbonyl (C=O) groups excluding carboxylic acids is 2. The van der Waals surface area contributed by atoms with Crippen molar-refractivity contribution in [2.75, 3.05) is 6.54 Å². The highest BCUT2D eigenvalue weighted by molar-refractivity contribution is 8.00. The van der Waals surface area contributed by atoms with Crippen molar-refractivity contribution in [2.24, 2.45) is 29.6 Å². The minimum absolute atomic E-state index is 0.00841. The molecule has 3 heterocycles. The van der Waals surface area contributed by atoms with Crippen molar-refractivity contribution in [3.63, 3.8) is 0 Å². The lowest BCUT2D eigenvalue weighted by Gasteiger charge is -2.43. The summed E-state index contributed by atoms with van der Waals surface area (Å²) in [5.41, 5.74) is 1.02. The number of benzene rings is 2. The number of aromatic nitrogens is 1. The predicted octanol–water partition coefficient (Wildman–Crippen LogP) is 4.18. The summed E-state index contributed by atoms with van der Waals surface area (Å²) in [4.78, 5) is 55.5. The maximum absolute atomic E-state index is 13.5. The molecule has 2 bridgehead atoms. The molecule has 10 heteroatoms. The third-order valence-corrected chi connectivity index (χ3v) is 11.1. The Balaban J connectivity index is 1.27. The zero-order chi connectivity index (χ0) is 26.1. The Morgan fingerprint density at radius 2 is 1.74 bits per heavy atom. The summed E-state index contributed by atoms with van der Waals surface area (Å²) in [5, 5.41) is 10.1. The molecule has 0 unspecified atom stereocenters. The maximum Gasteiger partial charge on any atom is 0.305 e. The van der Waals surface area contributed by atoms with Crippen LogP contribution in [0.15, 0.2) is 64.4 Å². The fraction of sp³-hybridized carbons (Fsp3) is 0.357. The van der Waals surface area contributed by atoms with Gasteiger partial charge in [0.05, 0.1) is 23.3 Å². The number of amides is 2. The molecule has 2 aromatic carbocycles. The summed E-state index contributed by atoms with van der Waals surface area (Å²) in [7, 11) is 0. The third-order valence-electron chi connectivity index (χ3n) is 8.56. The Kier molecular flexibility index (Phi) is 5.52. The number of nitrogens with zero attached hydrogens (tertiary/aromatic N) is 1. The number of ether oxygens (including phenoxy) is 1. The van der Waals surface area contributed by atoms with Crippen molar-refractivity contribution in [1.82, 2.24) is 9.88 Å². The van der Waals surface area contributed by atoms with E-state index in [0.717, 1.165) is 27.6 Å². The largest absolute Gasteiger partial charge is 0.481 e. The number of fused-ring (bicyclic) bond motifs is 9. The predicted molar refractivity (Wildman–Crippen MR) is 140 cm³/mol. The molecule has 7 atom stereocenters. The topological polar surface area (TPSA) is 117 Å². The van der Waals surface area contributed by atoms with E-state index in [4.69, 9.17) is 9.84 Å². The molecule has 2 N–H and O–H groups in total. The second-order valence-corrected chi connectivity index (χ2v) is 12.6. The van der Waals surface area contributed by atoms with Crippen molar-refractivity contribution in [3.8, 4) is 11.5 Å². The van der Waals surface area contributed by atoms with E-state index in [1.807, 2.05) is 54.6 Å². The van der Waals surface area contributed by atoms with Crippen molar-refractivity contribution >= 4 is 40.9 Å². The van der Waals surface area contributed by atoms with Crippen LogP contribution in [0, 0.1) is 29.6 Å². The number of aliphatic carboxylic acids is 1. The highest BCUT2D eigenvalue weighted by Gasteiger charge is 2.69. The summed E-state index contributed by atoms with van der Waals surface area (Å²) < 4.78 is 6.11. The zero-order valence-corrected chi connectivity index (χ0v) is 21.7. The Morgan fingerprint density at radius 1 is 1.00 bits per heavy atom. The number of hydrogen-bond donors (Lipinski definition) is 2. The van der Waals surface area contributed by atoms with Crippen LogP contribution in [0.5, 0.6) is 11.5 Å². The molecule has 2 aliphatic heterocycles. The van der Waals surface area contributed by atoms with Crippen LogP contribution < -0.4 is 9.61 Å². The van der Waals surface area contributed by atoms with E-state index < -0.39 is 17.8 Å². The van der Waals surface area contributed by atoms with Gasteiger partial charge in [-0.1, -0.05) is 41.7 Å². The molecule has 2 aliphatic carbocycles. The van der Waals surface area contributed by atoms with Crippen LogP contribution in [0.3, 0.4) is 0 Å². The number of likely N-dealkylation sites (tertiary alicyclic amines) is 1. The number of imide groups is 1. The average Bonchev–Trinajstić information content (AvgIpc) is 3.62. The first-order valence-electron chi connectivity index (χ1n) is 12.7. The molecule has 2 saturated carbocycles. The quantitative estimate of drug-likeness (QED) is 0.444. The first-order chi connectivity index (χ1) is 18.4. The van der Waals surface area contributed by atoms with E-state index in [2.05, 4.69) is 4.98 Å². The lowest BCUT2D eigenvalue weighted by Crippen LogP contribution is -2.42. The molecule has 4 aliphatic rings. The van der Waals surface area contributed by atoms with Crippen molar-refractivity contribution in [3.05, 3.63) is 74.7 Å². The summed E-state index contributed by atoms with van der Waals surface area (Å²) in [6, 6.07) is 17.5. The van der Waals surface area contributed by atoms with Crippen LogP contribution in [0.2, 0.25) is 0 Å². The van der Waals surface area contributed by atoms with E-state index in [1.54, 1.807) is 11.8 Å². The van der Waals surface area contributed by atoms with E-state index in [0.29, 0.717) is 5.75 Å². The van der Waals surface area contributed by atoms with Gasteiger partial charge in [-0.2, -0.15) is 0 Å². The van der Waals surface area contributed by atoms with Gasteiger partial charge in [0.15, 0.2) is 0 Å². The van der Waals surface area contributed by atoms with Gasteiger partial charge in [-0.3, -0.25) is 24.1 Å². The fourth-order valence-corrected chi connectivity index (χ4v) is 10.2. The Bertz CT molecular complexity index is 1520. The average molecular weight is 549 g/mol. The number of thioether (sulfide) groups is 1. The van der Waals surface area contributed by atoms with Gasteiger partial charge in [-0.25, -0.2) is 0 Å². The summed E-state index contributed by atoms with van der Waals surface area (Å²) in [6.45, 7) is -0.0785. The normalized spacial score (nSPS) is 30.7. The second kappa shape index (κ2) is 8.84. The molecular weight excluding hydrogens is 524 g/mol. The van der Waals surface area contributed by atoms with E-state index in [1.165, 1.54) is 16.2 Å². The van der Waals surface area contributed by atoms with Gasteiger partial charge in [0.2, 0.25) is 11.8 Å². The number of H-pyrrole nitrogens is 1. The van der Waals surface area contributed by atoms with Crippen LogP contribution in [0.25, 0.3) is 0 Å². The van der Waals surface area contributed by atoms with Gasteiger partial charge >= 0.3 is 10.8 Å². The van der Waals surface area contributed by atoms with Crippen molar-refractivity contribution in [2.45, 2.75) is 29.0 Å². The smallest absolute Gasteiger partial charge is 0.305 e. The van der Waals surface area contributed by atoms with E-state index in [9.17, 15) is 19.2 Å². The minimum Gasteiger partial charge on any atom is -0.481 e. The minimum atomic E-state index is -1.03. The molecule has 0 radical (unpaired) electrons. The number of carboxylic acids is 1. The molecule has 194 valence electrons. The third kappa shape index (κ3) is 3.57. The van der Waals surface area contributed by atoms with E-state index in [-0.39, 0.29) is 58.6 Å². The first-order valence-corrected chi connectivity index (χ1v) is 14.4. The van der Waals surface area contributed by atoms with Crippen LogP contribution in [-0.4, -0.2) is 44.6 Å². The number of nitrogens with one attached hydrogen (secondary N) is 1. The van der Waals surface area contributed by atoms with Crippen molar-refractivity contribution in [1.29, 1.82) is 0 Å². The molecule has 1 saturated heterocycles. The summed E-state index contributed by atoms with van der Waals surface area (Å²) >= 11 is 2.85. The standard InChI is InChI=1S/C28H24N2O6S2/c31-18(32)9-10-30-26(33)21-16-12-17(22(21)27(30)34)23-20(16)19(24-25(37-23)29-28(35)38-24)13-5-4-8-15(11-13)36-14-6-2-1-3-7-14/h1-8,11,16-17,19-23H,9-10,12H2,(H,29,35)(H,31,32)/t16-,17+,19+,20+,21+,22+,23-/m0/s1. The SMILES string of the molecule is O=C(O)CCN1C(=O)[C@@H]2[C@H]3C[C@@H]([C@@H]4Sc5[nH]c(=O)sc5[C@H](c5cccc(Oc6ccccc6)c5)[C@@H]34)[C@H]2C1=O. The summed E-state index contributed by atoms with van der Waals surface area (Å²) in [6.07, 6.45) is 0.543. The highest BCUT2D eigenvalue weighted by Crippen LogP contribution is 2.68. The Hall–Kier alpha value is -3.37. The van der Waals surface area contributed by atoms with Crippen LogP contribution in [-0.2, 0) is 14.4 Å². The number of hydrogen-bond acceptors (Lipinski definition) is 7. The van der Waals surface area contributed by atoms with Crippen LogP contribution in [0.1, 0.15) is 29.2 Å². The molecule has 3 fully saturated rings. The molecule has 2 amide bonds. The second-order valence-electron chi connectivity index (χ2n) is 10.4. The van der Waals surface area contributed by atoms with E-state index >= 15 is 0 Å². The number of carboxylic acid groups (broad SMARTS) is 1. The van der Waals surface area contributed by atoms with Crippen LogP contribution >= 0.6 is 23.1 Å². The maximum atomic E-state index is 13.5. The zero-order valence-electron chi connectivity index (χ0n) is 20.1. The van der Waals surface area contributed by atoms with Crippen molar-refractivity contribution < 1.29 is 24.2 Å². The lowest BCUT2D eigenvalue weighted by molar-refractivity contribution is -0.142. The van der Waals surface area contributed by atoms with Gasteiger partial charge in [0.1, 0.15) is 11.5 Å². The van der Waals surface area contributed by atoms with Gasteiger partial charge in [0.25, 0.3) is 0 Å². The molecule has 7 rings (SSSR count). The van der Waals surface area contributed by atoms with Gasteiger partial charge in [0, 0.05) is 22.6 Å². The molecule has 38 heavy (non-hydrogen) atoms. The first kappa shape index (κ1) is 23.7. The Morgan fingerprint density at radius 3 is 2.50 bits per heavy atom. The fourth-order valence-electron chi connectivity index (χ4n) is 7.28. The molecule has 0 spiro atoms. The van der Waals surface area contributed by atoms with Gasteiger partial charge in [-0.15, -0.1) is 11.8 Å².